The second-order valence-corrected chi connectivity index (χ2v) is 10.2. The number of hydrogen-bond acceptors (Lipinski definition) is 7. The molecule has 1 amide bonds. The zero-order chi connectivity index (χ0) is 28.1. The van der Waals surface area contributed by atoms with Gasteiger partial charge in [-0.1, -0.05) is 62.4 Å². The lowest BCUT2D eigenvalue weighted by Crippen LogP contribution is -2.46. The maximum absolute atomic E-state index is 13.6. The van der Waals surface area contributed by atoms with Gasteiger partial charge in [0.25, 0.3) is 0 Å². The van der Waals surface area contributed by atoms with E-state index < -0.39 is 12.1 Å². The molecule has 0 radical (unpaired) electrons. The Labute approximate surface area is 233 Å². The molecule has 1 N–H and O–H groups in total. The summed E-state index contributed by atoms with van der Waals surface area (Å²) in [6, 6.07) is 21.0. The second kappa shape index (κ2) is 12.1. The topological polar surface area (TPSA) is 93.9 Å². The number of aromatic nitrogens is 1. The Hall–Kier alpha value is -4.59. The van der Waals surface area contributed by atoms with Crippen molar-refractivity contribution < 1.29 is 23.5 Å². The third-order valence-electron chi connectivity index (χ3n) is 7.21. The van der Waals surface area contributed by atoms with Crippen LogP contribution in [0.25, 0.3) is 22.5 Å². The van der Waals surface area contributed by atoms with Crippen molar-refractivity contribution in [1.29, 1.82) is 0 Å². The molecule has 40 heavy (non-hydrogen) atoms. The molecule has 5 rings (SSSR count). The molecule has 0 bridgehead atoms. The molecule has 0 spiro atoms. The van der Waals surface area contributed by atoms with Crippen molar-refractivity contribution in [3.05, 3.63) is 90.4 Å². The van der Waals surface area contributed by atoms with Crippen LogP contribution in [0.3, 0.4) is 0 Å². The first-order valence-corrected chi connectivity index (χ1v) is 13.4. The first kappa shape index (κ1) is 27.0. The van der Waals surface area contributed by atoms with Crippen molar-refractivity contribution in [2.24, 2.45) is 5.92 Å². The number of benzene rings is 3. The van der Waals surface area contributed by atoms with Gasteiger partial charge in [-0.05, 0) is 53.1 Å². The van der Waals surface area contributed by atoms with Crippen molar-refractivity contribution >= 4 is 18.1 Å². The Kier molecular flexibility index (Phi) is 8.15. The number of nitrogens with zero attached hydrogens (tertiary/aromatic N) is 2. The molecule has 0 saturated carbocycles. The van der Waals surface area contributed by atoms with Crippen LogP contribution in [0.2, 0.25) is 0 Å². The zero-order valence-electron chi connectivity index (χ0n) is 22.9. The van der Waals surface area contributed by atoms with E-state index in [0.29, 0.717) is 35.1 Å². The number of anilines is 1. The number of carbonyl (C=O) groups is 2. The van der Waals surface area contributed by atoms with E-state index in [-0.39, 0.29) is 12.5 Å². The number of ether oxygens (including phenoxy) is 2. The molecule has 1 aromatic heterocycles. The van der Waals surface area contributed by atoms with Crippen LogP contribution in [0.15, 0.2) is 83.7 Å². The molecular weight excluding hydrogens is 506 g/mol. The third kappa shape index (κ3) is 5.57. The fraction of sp³-hybridized carbons (Fsp3) is 0.281. The van der Waals surface area contributed by atoms with Crippen LogP contribution in [0.1, 0.15) is 43.7 Å². The molecule has 206 valence electrons. The summed E-state index contributed by atoms with van der Waals surface area (Å²) in [5.74, 6) is 1.36. The summed E-state index contributed by atoms with van der Waals surface area (Å²) in [6.07, 6.45) is 4.38. The van der Waals surface area contributed by atoms with E-state index in [4.69, 9.17) is 13.9 Å². The minimum atomic E-state index is -0.724. The first-order valence-electron chi connectivity index (χ1n) is 13.4. The summed E-state index contributed by atoms with van der Waals surface area (Å²) >= 11 is 0. The SMILES string of the molecule is COc1cc(NN(C(=O)OCC2c3ccccc3-c3ccccc32)C(C=O)CCC(C)C)ccc1-c1cnco1. The number of hydrogen-bond donors (Lipinski definition) is 1. The number of carbonyl (C=O) groups excluding carboxylic acids is 2. The van der Waals surface area contributed by atoms with E-state index in [2.05, 4.69) is 48.5 Å². The van der Waals surface area contributed by atoms with Crippen molar-refractivity contribution in [1.82, 2.24) is 9.99 Å². The molecule has 3 aromatic carbocycles. The lowest BCUT2D eigenvalue weighted by Gasteiger charge is -2.30. The van der Waals surface area contributed by atoms with Gasteiger partial charge in [0.05, 0.1) is 24.6 Å². The Balaban J connectivity index is 1.39. The van der Waals surface area contributed by atoms with Gasteiger partial charge in [0.1, 0.15) is 24.7 Å². The summed E-state index contributed by atoms with van der Waals surface area (Å²) in [7, 11) is 1.55. The summed E-state index contributed by atoms with van der Waals surface area (Å²) in [5, 5.41) is 1.28. The fourth-order valence-electron chi connectivity index (χ4n) is 5.14. The summed E-state index contributed by atoms with van der Waals surface area (Å²) in [4.78, 5) is 29.8. The molecular formula is C32H33N3O5. The Morgan fingerprint density at radius 3 is 2.33 bits per heavy atom. The van der Waals surface area contributed by atoms with Crippen LogP contribution in [-0.2, 0) is 9.53 Å². The quantitative estimate of drug-likeness (QED) is 0.163. The predicted octanol–water partition coefficient (Wildman–Crippen LogP) is 6.93. The minimum Gasteiger partial charge on any atom is -0.496 e. The summed E-state index contributed by atoms with van der Waals surface area (Å²) in [6.45, 7) is 4.31. The van der Waals surface area contributed by atoms with Gasteiger partial charge in [-0.2, -0.15) is 0 Å². The van der Waals surface area contributed by atoms with E-state index in [1.807, 2.05) is 30.3 Å². The fourth-order valence-corrected chi connectivity index (χ4v) is 5.14. The molecule has 0 fully saturated rings. The van der Waals surface area contributed by atoms with Crippen LogP contribution >= 0.6 is 0 Å². The normalized spacial score (nSPS) is 12.9. The van der Waals surface area contributed by atoms with Gasteiger partial charge in [0, 0.05) is 12.0 Å². The molecule has 1 aliphatic carbocycles. The molecule has 0 saturated heterocycles. The van der Waals surface area contributed by atoms with Crippen LogP contribution in [0.4, 0.5) is 10.5 Å². The number of nitrogens with one attached hydrogen (secondary N) is 1. The van der Waals surface area contributed by atoms with Crippen LogP contribution in [-0.4, -0.2) is 42.1 Å². The number of fused-ring (bicyclic) bond motifs is 3. The number of aldehydes is 1. The largest absolute Gasteiger partial charge is 0.496 e. The van der Waals surface area contributed by atoms with E-state index in [1.165, 1.54) is 11.4 Å². The molecule has 8 heteroatoms. The van der Waals surface area contributed by atoms with Crippen LogP contribution in [0.5, 0.6) is 5.75 Å². The standard InChI is InChI=1S/C32H33N3O5/c1-21(2)12-14-23(18-36)35(34-22-13-15-28(30(16-22)38-3)31-17-33-20-40-31)32(37)39-19-29-26-10-6-4-8-24(26)25-9-5-7-11-27(25)29/h4-11,13,15-18,20-21,23,29,34H,12,14,19H2,1-3H3. The van der Waals surface area contributed by atoms with Gasteiger partial charge in [0.15, 0.2) is 12.2 Å². The maximum Gasteiger partial charge on any atom is 0.429 e. The van der Waals surface area contributed by atoms with Gasteiger partial charge >= 0.3 is 6.09 Å². The number of amides is 1. The number of oxazole rings is 1. The molecule has 1 atom stereocenters. The average Bonchev–Trinajstić information content (AvgIpc) is 3.62. The van der Waals surface area contributed by atoms with E-state index in [1.54, 1.807) is 25.4 Å². The second-order valence-electron chi connectivity index (χ2n) is 10.2. The lowest BCUT2D eigenvalue weighted by molar-refractivity contribution is -0.112. The molecule has 1 unspecified atom stereocenters. The minimum absolute atomic E-state index is 0.0928. The third-order valence-corrected chi connectivity index (χ3v) is 7.21. The van der Waals surface area contributed by atoms with E-state index in [0.717, 1.165) is 35.0 Å². The molecule has 0 aliphatic heterocycles. The van der Waals surface area contributed by atoms with Crippen molar-refractivity contribution in [3.63, 3.8) is 0 Å². The Bertz CT molecular complexity index is 1420. The predicted molar refractivity (Wildman–Crippen MR) is 153 cm³/mol. The summed E-state index contributed by atoms with van der Waals surface area (Å²) in [5.41, 5.74) is 8.93. The maximum atomic E-state index is 13.6. The summed E-state index contributed by atoms with van der Waals surface area (Å²) < 4.78 is 16.9. The van der Waals surface area contributed by atoms with E-state index in [9.17, 15) is 9.59 Å². The number of rotatable bonds is 11. The lowest BCUT2D eigenvalue weighted by atomic mass is 9.98. The van der Waals surface area contributed by atoms with Gasteiger partial charge in [-0.3, -0.25) is 5.43 Å². The highest BCUT2D eigenvalue weighted by molar-refractivity contribution is 5.80. The monoisotopic (exact) mass is 539 g/mol. The number of methoxy groups -OCH3 is 1. The smallest absolute Gasteiger partial charge is 0.429 e. The van der Waals surface area contributed by atoms with Gasteiger partial charge in [0.2, 0.25) is 0 Å². The Morgan fingerprint density at radius 2 is 1.73 bits per heavy atom. The van der Waals surface area contributed by atoms with Crippen molar-refractivity contribution in [2.75, 3.05) is 19.1 Å². The van der Waals surface area contributed by atoms with Gasteiger partial charge < -0.3 is 18.7 Å². The highest BCUT2D eigenvalue weighted by Crippen LogP contribution is 2.44. The first-order chi connectivity index (χ1) is 19.5. The highest BCUT2D eigenvalue weighted by atomic mass is 16.6. The van der Waals surface area contributed by atoms with Crippen molar-refractivity contribution in [3.8, 4) is 28.2 Å². The van der Waals surface area contributed by atoms with Gasteiger partial charge in [-0.15, -0.1) is 0 Å². The molecule has 1 aliphatic rings. The Morgan fingerprint density at radius 1 is 1.02 bits per heavy atom. The highest BCUT2D eigenvalue weighted by Gasteiger charge is 2.31. The van der Waals surface area contributed by atoms with E-state index >= 15 is 0 Å². The zero-order valence-corrected chi connectivity index (χ0v) is 22.9. The average molecular weight is 540 g/mol. The molecule has 8 nitrogen and oxygen atoms in total. The molecule has 4 aromatic rings. The number of hydrazine groups is 1. The van der Waals surface area contributed by atoms with Crippen LogP contribution < -0.4 is 10.2 Å². The molecule has 1 heterocycles. The van der Waals surface area contributed by atoms with Crippen molar-refractivity contribution in [2.45, 2.75) is 38.6 Å². The van der Waals surface area contributed by atoms with Crippen LogP contribution in [0, 0.1) is 5.92 Å². The van der Waals surface area contributed by atoms with Gasteiger partial charge in [-0.25, -0.2) is 14.8 Å².